The number of nitrogens with one attached hydrogen (secondary N) is 2. The van der Waals surface area contributed by atoms with E-state index in [1.54, 1.807) is 57.2 Å². The van der Waals surface area contributed by atoms with Crippen LogP contribution in [0.3, 0.4) is 0 Å². The van der Waals surface area contributed by atoms with Crippen LogP contribution in [-0.2, 0) is 21.2 Å². The smallest absolute Gasteiger partial charge is 0.248 e. The number of hydrogen-bond donors (Lipinski definition) is 3. The van der Waals surface area contributed by atoms with Crippen LogP contribution >= 0.6 is 0 Å². The third-order valence-corrected chi connectivity index (χ3v) is 5.54. The summed E-state index contributed by atoms with van der Waals surface area (Å²) in [6.45, 7) is 5.33. The minimum Gasteiger partial charge on any atom is -0.366 e. The quantitative estimate of drug-likeness (QED) is 0.658. The van der Waals surface area contributed by atoms with E-state index < -0.39 is 21.5 Å². The van der Waals surface area contributed by atoms with Crippen LogP contribution in [0.25, 0.3) is 0 Å². The second-order valence-electron chi connectivity index (χ2n) is 7.49. The number of rotatable bonds is 7. The van der Waals surface area contributed by atoms with Gasteiger partial charge >= 0.3 is 0 Å². The zero-order valence-corrected chi connectivity index (χ0v) is 17.0. The van der Waals surface area contributed by atoms with Crippen LogP contribution in [0.4, 0.5) is 5.69 Å². The predicted octanol–water partition coefficient (Wildman–Crippen LogP) is 2.43. The third-order valence-electron chi connectivity index (χ3n) is 3.77. The molecular formula is C20H25N3O4S. The van der Waals surface area contributed by atoms with Crippen LogP contribution in [0.2, 0.25) is 0 Å². The molecule has 0 saturated heterocycles. The van der Waals surface area contributed by atoms with E-state index in [-0.39, 0.29) is 17.2 Å². The lowest BCUT2D eigenvalue weighted by atomic mass is 10.1. The Hall–Kier alpha value is -2.71. The molecule has 2 amide bonds. The van der Waals surface area contributed by atoms with Crippen molar-refractivity contribution < 1.29 is 18.0 Å². The van der Waals surface area contributed by atoms with Crippen LogP contribution in [0, 0.1) is 0 Å². The van der Waals surface area contributed by atoms with Crippen LogP contribution in [0.5, 0.6) is 0 Å². The van der Waals surface area contributed by atoms with Crippen molar-refractivity contribution in [3.05, 3.63) is 59.7 Å². The summed E-state index contributed by atoms with van der Waals surface area (Å²) in [5.74, 6) is -0.709. The second-order valence-corrected chi connectivity index (χ2v) is 9.17. The van der Waals surface area contributed by atoms with Gasteiger partial charge in [0, 0.05) is 23.2 Å². The van der Waals surface area contributed by atoms with Crippen LogP contribution in [0.15, 0.2) is 53.4 Å². The maximum Gasteiger partial charge on any atom is 0.248 e. The number of nitrogens with two attached hydrogens (primary N) is 1. The van der Waals surface area contributed by atoms with E-state index in [0.29, 0.717) is 17.7 Å². The van der Waals surface area contributed by atoms with Gasteiger partial charge in [-0.25, -0.2) is 13.1 Å². The first-order chi connectivity index (χ1) is 13.0. The average Bonchev–Trinajstić information content (AvgIpc) is 2.59. The fourth-order valence-electron chi connectivity index (χ4n) is 2.50. The van der Waals surface area contributed by atoms with Crippen molar-refractivity contribution >= 4 is 27.5 Å². The summed E-state index contributed by atoms with van der Waals surface area (Å²) in [4.78, 5) is 23.3. The zero-order chi connectivity index (χ0) is 20.9. The Kier molecular flexibility index (Phi) is 6.58. The van der Waals surface area contributed by atoms with Crippen molar-refractivity contribution in [1.82, 2.24) is 4.72 Å². The first-order valence-corrected chi connectivity index (χ1v) is 10.3. The fourth-order valence-corrected chi connectivity index (χ4v) is 3.91. The molecule has 0 fully saturated rings. The SMILES string of the molecule is CC(C)(C)NS(=O)(=O)c1ccc(CCC(=O)Nc2ccc(C(N)=O)cc2)cc1. The van der Waals surface area contributed by atoms with Crippen molar-refractivity contribution in [2.24, 2.45) is 5.73 Å². The predicted molar refractivity (Wildman–Crippen MR) is 108 cm³/mol. The number of primary amides is 1. The number of aryl methyl sites for hydroxylation is 1. The highest BCUT2D eigenvalue weighted by atomic mass is 32.2. The van der Waals surface area contributed by atoms with E-state index in [1.165, 1.54) is 12.1 Å². The van der Waals surface area contributed by atoms with E-state index in [4.69, 9.17) is 5.73 Å². The molecule has 0 bridgehead atoms. The van der Waals surface area contributed by atoms with Gasteiger partial charge in [0.05, 0.1) is 4.90 Å². The molecule has 0 spiro atoms. The largest absolute Gasteiger partial charge is 0.366 e. The molecule has 0 aliphatic carbocycles. The molecule has 0 heterocycles. The maximum atomic E-state index is 12.3. The van der Waals surface area contributed by atoms with Crippen molar-refractivity contribution in [3.63, 3.8) is 0 Å². The lowest BCUT2D eigenvalue weighted by molar-refractivity contribution is -0.116. The van der Waals surface area contributed by atoms with Gasteiger partial charge < -0.3 is 11.1 Å². The molecule has 4 N–H and O–H groups in total. The Morgan fingerprint density at radius 1 is 0.964 bits per heavy atom. The molecule has 0 radical (unpaired) electrons. The lowest BCUT2D eigenvalue weighted by Gasteiger charge is -2.20. The summed E-state index contributed by atoms with van der Waals surface area (Å²) in [5.41, 5.74) is 6.41. The van der Waals surface area contributed by atoms with Gasteiger partial charge in [-0.3, -0.25) is 9.59 Å². The zero-order valence-electron chi connectivity index (χ0n) is 16.2. The summed E-state index contributed by atoms with van der Waals surface area (Å²) in [6, 6.07) is 12.8. The molecule has 8 heteroatoms. The van der Waals surface area contributed by atoms with E-state index in [9.17, 15) is 18.0 Å². The van der Waals surface area contributed by atoms with Crippen molar-refractivity contribution in [3.8, 4) is 0 Å². The van der Waals surface area contributed by atoms with E-state index >= 15 is 0 Å². The Labute approximate surface area is 165 Å². The standard InChI is InChI=1S/C20H25N3O4S/c1-20(2,3)23-28(26,27)17-11-4-14(5-12-17)6-13-18(24)22-16-9-7-15(8-10-16)19(21)25/h4-5,7-12,23H,6,13H2,1-3H3,(H2,21,25)(H,22,24). The maximum absolute atomic E-state index is 12.3. The van der Waals surface area contributed by atoms with Gasteiger partial charge in [0.2, 0.25) is 21.8 Å². The van der Waals surface area contributed by atoms with Gasteiger partial charge in [0.15, 0.2) is 0 Å². The fraction of sp³-hybridized carbons (Fsp3) is 0.300. The Bertz CT molecular complexity index is 944. The van der Waals surface area contributed by atoms with E-state index in [1.807, 2.05) is 0 Å². The summed E-state index contributed by atoms with van der Waals surface area (Å²) in [7, 11) is -3.58. The second kappa shape index (κ2) is 8.53. The Balaban J connectivity index is 1.92. The molecule has 0 saturated carbocycles. The summed E-state index contributed by atoms with van der Waals surface area (Å²) in [6.07, 6.45) is 0.710. The normalized spacial score (nSPS) is 11.8. The lowest BCUT2D eigenvalue weighted by Crippen LogP contribution is -2.40. The minimum absolute atomic E-state index is 0.182. The summed E-state index contributed by atoms with van der Waals surface area (Å²) in [5, 5.41) is 2.74. The first kappa shape index (κ1) is 21.6. The van der Waals surface area contributed by atoms with Gasteiger partial charge in [0.1, 0.15) is 0 Å². The van der Waals surface area contributed by atoms with Crippen molar-refractivity contribution in [2.75, 3.05) is 5.32 Å². The molecule has 150 valence electrons. The van der Waals surface area contributed by atoms with Gasteiger partial charge in [0.25, 0.3) is 0 Å². The monoisotopic (exact) mass is 403 g/mol. The molecule has 0 aliphatic rings. The molecular weight excluding hydrogens is 378 g/mol. The first-order valence-electron chi connectivity index (χ1n) is 8.79. The summed E-state index contributed by atoms with van der Waals surface area (Å²) < 4.78 is 27.2. The average molecular weight is 404 g/mol. The number of amides is 2. The molecule has 0 atom stereocenters. The highest BCUT2D eigenvalue weighted by Crippen LogP contribution is 2.15. The number of hydrogen-bond acceptors (Lipinski definition) is 4. The highest BCUT2D eigenvalue weighted by molar-refractivity contribution is 7.89. The van der Waals surface area contributed by atoms with Crippen LogP contribution in [0.1, 0.15) is 43.1 Å². The summed E-state index contributed by atoms with van der Waals surface area (Å²) >= 11 is 0. The molecule has 2 rings (SSSR count). The van der Waals surface area contributed by atoms with Gasteiger partial charge in [-0.1, -0.05) is 12.1 Å². The molecule has 2 aromatic carbocycles. The van der Waals surface area contributed by atoms with Gasteiger partial charge in [-0.2, -0.15) is 0 Å². The third kappa shape index (κ3) is 6.47. The van der Waals surface area contributed by atoms with Crippen molar-refractivity contribution in [2.45, 2.75) is 44.0 Å². The molecule has 0 unspecified atom stereocenters. The van der Waals surface area contributed by atoms with Gasteiger partial charge in [-0.15, -0.1) is 0 Å². The van der Waals surface area contributed by atoms with Crippen LogP contribution < -0.4 is 15.8 Å². The number of carbonyl (C=O) groups is 2. The molecule has 0 aromatic heterocycles. The van der Waals surface area contributed by atoms with Gasteiger partial charge in [-0.05, 0) is 69.2 Å². The molecule has 2 aromatic rings. The van der Waals surface area contributed by atoms with E-state index in [0.717, 1.165) is 5.56 Å². The number of carbonyl (C=O) groups excluding carboxylic acids is 2. The van der Waals surface area contributed by atoms with Crippen molar-refractivity contribution in [1.29, 1.82) is 0 Å². The Morgan fingerprint density at radius 3 is 2.04 bits per heavy atom. The number of sulfonamides is 1. The van der Waals surface area contributed by atoms with Crippen LogP contribution in [-0.4, -0.2) is 25.8 Å². The topological polar surface area (TPSA) is 118 Å². The molecule has 28 heavy (non-hydrogen) atoms. The number of anilines is 1. The minimum atomic E-state index is -3.58. The Morgan fingerprint density at radius 2 is 1.54 bits per heavy atom. The number of benzene rings is 2. The highest BCUT2D eigenvalue weighted by Gasteiger charge is 2.21. The van der Waals surface area contributed by atoms with E-state index in [2.05, 4.69) is 10.0 Å². The molecule has 0 aliphatic heterocycles. The molecule has 7 nitrogen and oxygen atoms in total.